The van der Waals surface area contributed by atoms with Gasteiger partial charge in [-0.1, -0.05) is 15.9 Å². The van der Waals surface area contributed by atoms with Gasteiger partial charge in [0.25, 0.3) is 0 Å². The van der Waals surface area contributed by atoms with Gasteiger partial charge in [-0.3, -0.25) is 0 Å². The molecular formula is C17H13BrN2O. The highest BCUT2D eigenvalue weighted by molar-refractivity contribution is 9.10. The summed E-state index contributed by atoms with van der Waals surface area (Å²) in [6, 6.07) is 17.7. The van der Waals surface area contributed by atoms with Gasteiger partial charge >= 0.3 is 0 Å². The summed E-state index contributed by atoms with van der Waals surface area (Å²) < 4.78 is 8.91. The first-order chi connectivity index (χ1) is 10.3. The third kappa shape index (κ3) is 3.09. The zero-order valence-corrected chi connectivity index (χ0v) is 12.9. The van der Waals surface area contributed by atoms with Gasteiger partial charge in [-0.2, -0.15) is 5.26 Å². The molecule has 0 saturated heterocycles. The molecule has 0 fully saturated rings. The largest absolute Gasteiger partial charge is 0.492 e. The van der Waals surface area contributed by atoms with Crippen LogP contribution in [0.5, 0.6) is 5.75 Å². The highest BCUT2D eigenvalue weighted by Gasteiger charge is 2.02. The molecule has 0 unspecified atom stereocenters. The van der Waals surface area contributed by atoms with Gasteiger partial charge in [0.15, 0.2) is 0 Å². The van der Waals surface area contributed by atoms with Gasteiger partial charge in [0, 0.05) is 21.6 Å². The second-order valence-electron chi connectivity index (χ2n) is 4.70. The summed E-state index contributed by atoms with van der Waals surface area (Å²) in [5.41, 5.74) is 1.81. The quantitative estimate of drug-likeness (QED) is 0.707. The molecule has 4 heteroatoms. The van der Waals surface area contributed by atoms with E-state index in [0.29, 0.717) is 12.2 Å². The summed E-state index contributed by atoms with van der Waals surface area (Å²) in [7, 11) is 0. The van der Waals surface area contributed by atoms with Crippen LogP contribution in [-0.2, 0) is 6.54 Å². The number of fused-ring (bicyclic) bond motifs is 1. The van der Waals surface area contributed by atoms with Gasteiger partial charge in [-0.15, -0.1) is 0 Å². The Balaban J connectivity index is 1.68. The molecule has 0 radical (unpaired) electrons. The molecule has 1 heterocycles. The normalized spacial score (nSPS) is 10.5. The van der Waals surface area contributed by atoms with E-state index >= 15 is 0 Å². The van der Waals surface area contributed by atoms with Crippen LogP contribution in [0.1, 0.15) is 5.56 Å². The van der Waals surface area contributed by atoms with Crippen LogP contribution in [0.15, 0.2) is 59.2 Å². The van der Waals surface area contributed by atoms with Gasteiger partial charge in [-0.25, -0.2) is 0 Å². The van der Waals surface area contributed by atoms with E-state index in [0.717, 1.165) is 27.7 Å². The monoisotopic (exact) mass is 340 g/mol. The Morgan fingerprint density at radius 1 is 1.10 bits per heavy atom. The van der Waals surface area contributed by atoms with Crippen LogP contribution in [0, 0.1) is 11.3 Å². The molecule has 3 rings (SSSR count). The Morgan fingerprint density at radius 3 is 2.67 bits per heavy atom. The van der Waals surface area contributed by atoms with Crippen LogP contribution in [0.4, 0.5) is 0 Å². The molecule has 0 saturated carbocycles. The maximum absolute atomic E-state index is 8.91. The molecule has 0 spiro atoms. The number of hydrogen-bond acceptors (Lipinski definition) is 2. The molecule has 2 aromatic carbocycles. The van der Waals surface area contributed by atoms with Crippen LogP contribution in [0.25, 0.3) is 10.9 Å². The third-order valence-electron chi connectivity index (χ3n) is 3.31. The average molecular weight is 341 g/mol. The van der Waals surface area contributed by atoms with E-state index in [2.05, 4.69) is 26.6 Å². The van der Waals surface area contributed by atoms with E-state index in [1.165, 1.54) is 0 Å². The van der Waals surface area contributed by atoms with Crippen LogP contribution in [0.2, 0.25) is 0 Å². The first-order valence-corrected chi connectivity index (χ1v) is 7.43. The molecule has 1 aromatic heterocycles. The fraction of sp³-hybridized carbons (Fsp3) is 0.118. The Bertz CT molecular complexity index is 800. The van der Waals surface area contributed by atoms with E-state index in [9.17, 15) is 0 Å². The molecule has 3 aromatic rings. The zero-order valence-electron chi connectivity index (χ0n) is 11.3. The summed E-state index contributed by atoms with van der Waals surface area (Å²) in [5, 5.41) is 9.99. The molecule has 0 amide bonds. The van der Waals surface area contributed by atoms with Crippen molar-refractivity contribution < 1.29 is 4.74 Å². The van der Waals surface area contributed by atoms with Crippen molar-refractivity contribution in [3.8, 4) is 11.8 Å². The smallest absolute Gasteiger partial charge is 0.119 e. The Morgan fingerprint density at radius 2 is 1.90 bits per heavy atom. The first kappa shape index (κ1) is 13.7. The number of nitrogens with zero attached hydrogens (tertiary/aromatic N) is 2. The summed E-state index contributed by atoms with van der Waals surface area (Å²) >= 11 is 3.40. The zero-order chi connectivity index (χ0) is 14.7. The summed E-state index contributed by atoms with van der Waals surface area (Å²) in [4.78, 5) is 0. The van der Waals surface area contributed by atoms with Gasteiger partial charge in [0.2, 0.25) is 0 Å². The van der Waals surface area contributed by atoms with E-state index in [1.807, 2.05) is 54.7 Å². The number of ether oxygens (including phenoxy) is 1. The number of nitriles is 1. The van der Waals surface area contributed by atoms with Crippen molar-refractivity contribution >= 4 is 26.8 Å². The second kappa shape index (κ2) is 6.02. The minimum Gasteiger partial charge on any atom is -0.492 e. The Labute approximate surface area is 131 Å². The predicted molar refractivity (Wildman–Crippen MR) is 86.3 cm³/mol. The van der Waals surface area contributed by atoms with Crippen LogP contribution in [-0.4, -0.2) is 11.2 Å². The molecule has 104 valence electrons. The maximum atomic E-state index is 8.91. The molecular weight excluding hydrogens is 328 g/mol. The van der Waals surface area contributed by atoms with Crippen LogP contribution >= 0.6 is 15.9 Å². The lowest BCUT2D eigenvalue weighted by atomic mass is 10.2. The Hall–Kier alpha value is -2.25. The average Bonchev–Trinajstić information content (AvgIpc) is 2.91. The SMILES string of the molecule is N#Cc1ccc2c(ccn2CCOc2ccc(Br)cc2)c1. The maximum Gasteiger partial charge on any atom is 0.119 e. The molecule has 0 aliphatic carbocycles. The van der Waals surface area contributed by atoms with Crippen molar-refractivity contribution in [2.45, 2.75) is 6.54 Å². The fourth-order valence-corrected chi connectivity index (χ4v) is 2.52. The van der Waals surface area contributed by atoms with Gasteiger partial charge in [0.05, 0.1) is 18.2 Å². The molecule has 21 heavy (non-hydrogen) atoms. The van der Waals surface area contributed by atoms with Crippen molar-refractivity contribution in [2.75, 3.05) is 6.61 Å². The molecule has 0 bridgehead atoms. The minimum absolute atomic E-state index is 0.603. The second-order valence-corrected chi connectivity index (χ2v) is 5.61. The van der Waals surface area contributed by atoms with Crippen molar-refractivity contribution in [1.29, 1.82) is 5.26 Å². The highest BCUT2D eigenvalue weighted by Crippen LogP contribution is 2.18. The van der Waals surface area contributed by atoms with E-state index < -0.39 is 0 Å². The molecule has 0 atom stereocenters. The van der Waals surface area contributed by atoms with Crippen LogP contribution < -0.4 is 4.74 Å². The molecule has 3 nitrogen and oxygen atoms in total. The van der Waals surface area contributed by atoms with Crippen molar-refractivity contribution in [2.24, 2.45) is 0 Å². The van der Waals surface area contributed by atoms with E-state index in [-0.39, 0.29) is 0 Å². The van der Waals surface area contributed by atoms with Crippen molar-refractivity contribution in [1.82, 2.24) is 4.57 Å². The lowest BCUT2D eigenvalue weighted by Gasteiger charge is -2.08. The third-order valence-corrected chi connectivity index (χ3v) is 3.84. The standard InChI is InChI=1S/C17H13BrN2O/c18-15-2-4-16(5-3-15)21-10-9-20-8-7-14-11-13(12-19)1-6-17(14)20/h1-8,11H,9-10H2. The van der Waals surface area contributed by atoms with Gasteiger partial charge in [-0.05, 0) is 48.5 Å². The van der Waals surface area contributed by atoms with E-state index in [1.54, 1.807) is 0 Å². The van der Waals surface area contributed by atoms with Crippen molar-refractivity contribution in [3.05, 3.63) is 64.8 Å². The lowest BCUT2D eigenvalue weighted by molar-refractivity contribution is 0.300. The van der Waals surface area contributed by atoms with Crippen molar-refractivity contribution in [3.63, 3.8) is 0 Å². The summed E-state index contributed by atoms with van der Waals surface area (Å²) in [5.74, 6) is 0.862. The number of aromatic nitrogens is 1. The number of hydrogen-bond donors (Lipinski definition) is 0. The topological polar surface area (TPSA) is 38.0 Å². The number of rotatable bonds is 4. The first-order valence-electron chi connectivity index (χ1n) is 6.63. The Kier molecular flexibility index (Phi) is 3.94. The summed E-state index contributed by atoms with van der Waals surface area (Å²) in [6.45, 7) is 1.37. The highest BCUT2D eigenvalue weighted by atomic mass is 79.9. The number of benzene rings is 2. The van der Waals surface area contributed by atoms with Gasteiger partial charge < -0.3 is 9.30 Å². The number of halogens is 1. The summed E-state index contributed by atoms with van der Waals surface area (Å²) in [6.07, 6.45) is 2.02. The lowest BCUT2D eigenvalue weighted by Crippen LogP contribution is -2.07. The fourth-order valence-electron chi connectivity index (χ4n) is 2.26. The van der Waals surface area contributed by atoms with Gasteiger partial charge in [0.1, 0.15) is 12.4 Å². The predicted octanol–water partition coefficient (Wildman–Crippen LogP) is 4.35. The minimum atomic E-state index is 0.603. The molecule has 0 aliphatic rings. The van der Waals surface area contributed by atoms with Crippen LogP contribution in [0.3, 0.4) is 0 Å². The van der Waals surface area contributed by atoms with E-state index in [4.69, 9.17) is 10.00 Å². The molecule has 0 aliphatic heterocycles. The molecule has 0 N–H and O–H groups in total.